The number of rotatable bonds is 7. The van der Waals surface area contributed by atoms with Crippen molar-refractivity contribution >= 4 is 27.7 Å². The van der Waals surface area contributed by atoms with E-state index in [4.69, 9.17) is 4.74 Å². The number of hydrogen-bond donors (Lipinski definition) is 0. The lowest BCUT2D eigenvalue weighted by atomic mass is 9.77. The van der Waals surface area contributed by atoms with Crippen LogP contribution in [0.3, 0.4) is 0 Å². The van der Waals surface area contributed by atoms with Crippen LogP contribution in [0.25, 0.3) is 0 Å². The minimum absolute atomic E-state index is 0.117. The van der Waals surface area contributed by atoms with Crippen molar-refractivity contribution in [3.05, 3.63) is 95.0 Å². The van der Waals surface area contributed by atoms with Gasteiger partial charge in [-0.3, -0.25) is 4.79 Å². The maximum absolute atomic E-state index is 13.0. The molecule has 0 aliphatic carbocycles. The summed E-state index contributed by atoms with van der Waals surface area (Å²) in [4.78, 5) is 25.1. The van der Waals surface area contributed by atoms with Gasteiger partial charge in [0.1, 0.15) is 0 Å². The number of benzene rings is 2. The summed E-state index contributed by atoms with van der Waals surface area (Å²) in [6.45, 7) is 7.70. The largest absolute Gasteiger partial charge is 0.466 e. The van der Waals surface area contributed by atoms with Crippen LogP contribution in [0.2, 0.25) is 0 Å². The SMILES string of the molecule is C=CC(C(=O)c1ccccc1)C(C(=C)C(=O)OC)c1ccc(Br)cc1. The van der Waals surface area contributed by atoms with Crippen molar-refractivity contribution in [2.45, 2.75) is 5.92 Å². The van der Waals surface area contributed by atoms with Crippen molar-refractivity contribution in [2.24, 2.45) is 5.92 Å². The molecular weight excluding hydrogens is 380 g/mol. The maximum atomic E-state index is 13.0. The standard InChI is InChI=1S/C21H19BrO3/c1-4-18(20(23)16-8-6-5-7-9-16)19(14(2)21(24)25-3)15-10-12-17(22)13-11-15/h4-13,18-19H,1-2H2,3H3. The van der Waals surface area contributed by atoms with Crippen LogP contribution in [0.15, 0.2) is 83.9 Å². The van der Waals surface area contributed by atoms with Crippen molar-refractivity contribution in [3.8, 4) is 0 Å². The van der Waals surface area contributed by atoms with Gasteiger partial charge in [0.05, 0.1) is 13.0 Å². The van der Waals surface area contributed by atoms with Crippen molar-refractivity contribution in [1.29, 1.82) is 0 Å². The van der Waals surface area contributed by atoms with E-state index >= 15 is 0 Å². The van der Waals surface area contributed by atoms with E-state index in [1.54, 1.807) is 30.3 Å². The maximum Gasteiger partial charge on any atom is 0.333 e. The molecule has 0 aliphatic rings. The number of allylic oxidation sites excluding steroid dienone is 1. The molecule has 25 heavy (non-hydrogen) atoms. The summed E-state index contributed by atoms with van der Waals surface area (Å²) in [5.74, 6) is -1.84. The number of methoxy groups -OCH3 is 1. The number of hydrogen-bond acceptors (Lipinski definition) is 3. The fourth-order valence-corrected chi connectivity index (χ4v) is 3.01. The monoisotopic (exact) mass is 398 g/mol. The molecule has 2 rings (SSSR count). The molecule has 0 spiro atoms. The number of carbonyl (C=O) groups excluding carboxylic acids is 2. The van der Waals surface area contributed by atoms with E-state index in [9.17, 15) is 9.59 Å². The van der Waals surface area contributed by atoms with Crippen molar-refractivity contribution in [3.63, 3.8) is 0 Å². The van der Waals surface area contributed by atoms with E-state index in [1.807, 2.05) is 30.3 Å². The van der Waals surface area contributed by atoms with Crippen LogP contribution in [-0.4, -0.2) is 18.9 Å². The fourth-order valence-electron chi connectivity index (χ4n) is 2.74. The van der Waals surface area contributed by atoms with Crippen LogP contribution in [0.4, 0.5) is 0 Å². The highest BCUT2D eigenvalue weighted by molar-refractivity contribution is 9.10. The molecule has 0 bridgehead atoms. The first kappa shape index (κ1) is 18.9. The lowest BCUT2D eigenvalue weighted by molar-refractivity contribution is -0.136. The predicted molar refractivity (Wildman–Crippen MR) is 102 cm³/mol. The molecule has 2 aromatic rings. The van der Waals surface area contributed by atoms with Crippen LogP contribution < -0.4 is 0 Å². The molecular formula is C21H19BrO3. The zero-order chi connectivity index (χ0) is 18.4. The lowest BCUT2D eigenvalue weighted by Crippen LogP contribution is -2.25. The quantitative estimate of drug-likeness (QED) is 0.287. The number of ketones is 1. The Bertz CT molecular complexity index is 779. The van der Waals surface area contributed by atoms with Gasteiger partial charge in [-0.1, -0.05) is 71.0 Å². The number of halogens is 1. The molecule has 0 saturated heterocycles. The van der Waals surface area contributed by atoms with Gasteiger partial charge in [-0.2, -0.15) is 0 Å². The first-order chi connectivity index (χ1) is 12.0. The van der Waals surface area contributed by atoms with E-state index in [0.717, 1.165) is 10.0 Å². The topological polar surface area (TPSA) is 43.4 Å². The molecule has 0 saturated carbocycles. The van der Waals surface area contributed by atoms with Gasteiger partial charge in [-0.25, -0.2) is 4.79 Å². The normalized spacial score (nSPS) is 12.7. The molecule has 0 N–H and O–H groups in total. The highest BCUT2D eigenvalue weighted by Crippen LogP contribution is 2.35. The number of Topliss-reactive ketones (excluding diaryl/α,β-unsaturated/α-hetero) is 1. The Kier molecular flexibility index (Phi) is 6.48. The van der Waals surface area contributed by atoms with Gasteiger partial charge < -0.3 is 4.74 Å². The van der Waals surface area contributed by atoms with Gasteiger partial charge in [0.2, 0.25) is 0 Å². The van der Waals surface area contributed by atoms with Gasteiger partial charge in [0.15, 0.2) is 5.78 Å². The van der Waals surface area contributed by atoms with Crippen molar-refractivity contribution < 1.29 is 14.3 Å². The minimum Gasteiger partial charge on any atom is -0.466 e. The third-order valence-corrected chi connectivity index (χ3v) is 4.55. The van der Waals surface area contributed by atoms with Gasteiger partial charge in [-0.05, 0) is 17.7 Å². The highest BCUT2D eigenvalue weighted by atomic mass is 79.9. The summed E-state index contributed by atoms with van der Waals surface area (Å²) in [6.07, 6.45) is 1.57. The molecule has 0 heterocycles. The summed E-state index contributed by atoms with van der Waals surface area (Å²) in [5, 5.41) is 0. The highest BCUT2D eigenvalue weighted by Gasteiger charge is 2.33. The first-order valence-electron chi connectivity index (χ1n) is 7.74. The summed E-state index contributed by atoms with van der Waals surface area (Å²) in [5.41, 5.74) is 1.58. The second kappa shape index (κ2) is 8.58. The van der Waals surface area contributed by atoms with Gasteiger partial charge >= 0.3 is 5.97 Å². The van der Waals surface area contributed by atoms with Crippen LogP contribution in [0.5, 0.6) is 0 Å². The summed E-state index contributed by atoms with van der Waals surface area (Å²) >= 11 is 3.39. The number of esters is 1. The Morgan fingerprint density at radius 3 is 2.20 bits per heavy atom. The molecule has 0 aliphatic heterocycles. The van der Waals surface area contributed by atoms with E-state index in [2.05, 4.69) is 29.1 Å². The Hall–Kier alpha value is -2.46. The average molecular weight is 399 g/mol. The molecule has 4 heteroatoms. The predicted octanol–water partition coefficient (Wildman–Crippen LogP) is 4.95. The Morgan fingerprint density at radius 2 is 1.68 bits per heavy atom. The Balaban J connectivity index is 2.50. The zero-order valence-corrected chi connectivity index (χ0v) is 15.5. The van der Waals surface area contributed by atoms with E-state index in [-0.39, 0.29) is 11.4 Å². The van der Waals surface area contributed by atoms with Crippen molar-refractivity contribution in [2.75, 3.05) is 7.11 Å². The van der Waals surface area contributed by atoms with E-state index in [0.29, 0.717) is 5.56 Å². The average Bonchev–Trinajstić information content (AvgIpc) is 2.66. The summed E-state index contributed by atoms with van der Waals surface area (Å²) in [6, 6.07) is 16.4. The third kappa shape index (κ3) is 4.34. The first-order valence-corrected chi connectivity index (χ1v) is 8.53. The van der Waals surface area contributed by atoms with E-state index < -0.39 is 17.8 Å². The van der Waals surface area contributed by atoms with Crippen LogP contribution in [-0.2, 0) is 9.53 Å². The second-order valence-electron chi connectivity index (χ2n) is 5.54. The lowest BCUT2D eigenvalue weighted by Gasteiger charge is -2.25. The zero-order valence-electron chi connectivity index (χ0n) is 13.9. The van der Waals surface area contributed by atoms with Crippen LogP contribution >= 0.6 is 15.9 Å². The van der Waals surface area contributed by atoms with Crippen molar-refractivity contribution in [1.82, 2.24) is 0 Å². The van der Waals surface area contributed by atoms with Crippen LogP contribution in [0, 0.1) is 5.92 Å². The molecule has 2 unspecified atom stereocenters. The molecule has 0 amide bonds. The van der Waals surface area contributed by atoms with Gasteiger partial charge in [-0.15, -0.1) is 6.58 Å². The molecule has 0 aromatic heterocycles. The smallest absolute Gasteiger partial charge is 0.333 e. The molecule has 2 atom stereocenters. The Labute approximate surface area is 156 Å². The number of carbonyl (C=O) groups is 2. The Morgan fingerprint density at radius 1 is 1.08 bits per heavy atom. The molecule has 3 nitrogen and oxygen atoms in total. The molecule has 2 aromatic carbocycles. The van der Waals surface area contributed by atoms with Gasteiger partial charge in [0, 0.05) is 21.5 Å². The molecule has 0 fully saturated rings. The third-order valence-electron chi connectivity index (χ3n) is 4.03. The van der Waals surface area contributed by atoms with E-state index in [1.165, 1.54) is 7.11 Å². The second-order valence-corrected chi connectivity index (χ2v) is 6.45. The van der Waals surface area contributed by atoms with Crippen LogP contribution in [0.1, 0.15) is 21.8 Å². The summed E-state index contributed by atoms with van der Waals surface area (Å²) < 4.78 is 5.73. The molecule has 128 valence electrons. The molecule has 0 radical (unpaired) electrons. The summed E-state index contributed by atoms with van der Waals surface area (Å²) in [7, 11) is 1.30. The van der Waals surface area contributed by atoms with Gasteiger partial charge in [0.25, 0.3) is 0 Å². The minimum atomic E-state index is -0.629. The number of ether oxygens (including phenoxy) is 1. The fraction of sp³-hybridized carbons (Fsp3) is 0.143.